The minimum atomic E-state index is -1.13. The summed E-state index contributed by atoms with van der Waals surface area (Å²) < 4.78 is 0. The van der Waals surface area contributed by atoms with E-state index >= 15 is 0 Å². The average molecular weight is 326 g/mol. The van der Waals surface area contributed by atoms with Crippen LogP contribution in [0.25, 0.3) is 0 Å². The van der Waals surface area contributed by atoms with Gasteiger partial charge in [0, 0.05) is 25.0 Å². The van der Waals surface area contributed by atoms with Crippen LogP contribution in [0.5, 0.6) is 0 Å². The summed E-state index contributed by atoms with van der Waals surface area (Å²) >= 11 is 0. The second-order valence-corrected chi connectivity index (χ2v) is 4.98. The zero-order valence-electron chi connectivity index (χ0n) is 12.6. The fourth-order valence-electron chi connectivity index (χ4n) is 2.04. The number of amides is 4. The minimum absolute atomic E-state index is 0.148. The summed E-state index contributed by atoms with van der Waals surface area (Å²) in [6.45, 7) is 1.92. The van der Waals surface area contributed by atoms with Gasteiger partial charge in [-0.15, -0.1) is 0 Å². The molecule has 0 spiro atoms. The fraction of sp³-hybridized carbons (Fsp3) is 0.500. The molecule has 1 fully saturated rings. The molecule has 2 heterocycles. The first-order valence-electron chi connectivity index (χ1n) is 7.12. The van der Waals surface area contributed by atoms with Crippen LogP contribution < -0.4 is 0 Å². The average Bonchev–Trinajstić information content (AvgIpc) is 2.98. The van der Waals surface area contributed by atoms with Crippen molar-refractivity contribution in [1.29, 1.82) is 0 Å². The van der Waals surface area contributed by atoms with Crippen LogP contribution in [-0.4, -0.2) is 55.9 Å². The van der Waals surface area contributed by atoms with Gasteiger partial charge in [0.15, 0.2) is 0 Å². The molecule has 2 aliphatic rings. The second-order valence-electron chi connectivity index (χ2n) is 4.98. The Kier molecular flexibility index (Phi) is 6.58. The number of unbranched alkanes of at least 4 members (excludes halogenated alkanes) is 1. The molecule has 2 rings (SSSR count). The lowest BCUT2D eigenvalue weighted by Crippen LogP contribution is -2.44. The number of imide groups is 2. The molecule has 0 aromatic carbocycles. The number of nitrogens with zero attached hydrogens (tertiary/aromatic N) is 2. The molecule has 2 N–H and O–H groups in total. The molecule has 2 aliphatic heterocycles. The standard InChI is InChI=1S/C10H13NO4.C4H5NO3/c1-2-3-4-7(10(14)15)11-8(12)5-6-9(11)13;6-3-1-2-4(7)5(3)8/h5-7H,2-4H2,1H3,(H,14,15);8H,1-2H2. The lowest BCUT2D eigenvalue weighted by atomic mass is 10.1. The number of aliphatic carboxylic acids is 1. The molecule has 1 atom stereocenters. The highest BCUT2D eigenvalue weighted by Gasteiger charge is 2.35. The first kappa shape index (κ1) is 18.5. The van der Waals surface area contributed by atoms with E-state index in [1.54, 1.807) is 0 Å². The van der Waals surface area contributed by atoms with Crippen molar-refractivity contribution in [3.63, 3.8) is 0 Å². The van der Waals surface area contributed by atoms with E-state index in [1.165, 1.54) is 0 Å². The third-order valence-corrected chi connectivity index (χ3v) is 3.30. The van der Waals surface area contributed by atoms with Gasteiger partial charge >= 0.3 is 5.97 Å². The van der Waals surface area contributed by atoms with Crippen molar-refractivity contribution in [3.8, 4) is 0 Å². The van der Waals surface area contributed by atoms with Crippen molar-refractivity contribution in [2.24, 2.45) is 0 Å². The van der Waals surface area contributed by atoms with Gasteiger partial charge in [-0.2, -0.15) is 5.06 Å². The molecule has 0 radical (unpaired) electrons. The number of hydrogen-bond donors (Lipinski definition) is 2. The number of carbonyl (C=O) groups excluding carboxylic acids is 4. The van der Waals surface area contributed by atoms with Gasteiger partial charge in [-0.25, -0.2) is 4.79 Å². The van der Waals surface area contributed by atoms with Gasteiger partial charge in [0.25, 0.3) is 23.6 Å². The van der Waals surface area contributed by atoms with Gasteiger partial charge < -0.3 is 5.11 Å². The quantitative estimate of drug-likeness (QED) is 0.540. The van der Waals surface area contributed by atoms with Crippen LogP contribution in [0.3, 0.4) is 0 Å². The Morgan fingerprint density at radius 3 is 1.91 bits per heavy atom. The Morgan fingerprint density at radius 2 is 1.61 bits per heavy atom. The van der Waals surface area contributed by atoms with Gasteiger partial charge in [0.2, 0.25) is 0 Å². The zero-order chi connectivity index (χ0) is 17.6. The van der Waals surface area contributed by atoms with Crippen LogP contribution >= 0.6 is 0 Å². The number of rotatable bonds is 5. The van der Waals surface area contributed by atoms with Crippen LogP contribution in [0.1, 0.15) is 39.0 Å². The first-order valence-corrected chi connectivity index (χ1v) is 7.12. The molecule has 9 heteroatoms. The molecular formula is C14H18N2O7. The predicted octanol–water partition coefficient (Wildman–Crippen LogP) is 0.0794. The van der Waals surface area contributed by atoms with Crippen molar-refractivity contribution >= 4 is 29.6 Å². The van der Waals surface area contributed by atoms with Crippen molar-refractivity contribution in [3.05, 3.63) is 12.2 Å². The highest BCUT2D eigenvalue weighted by atomic mass is 16.5. The van der Waals surface area contributed by atoms with Gasteiger partial charge in [-0.05, 0) is 6.42 Å². The van der Waals surface area contributed by atoms with E-state index in [0.717, 1.165) is 23.5 Å². The van der Waals surface area contributed by atoms with Crippen LogP contribution in [-0.2, 0) is 24.0 Å². The maximum Gasteiger partial charge on any atom is 0.326 e. The maximum absolute atomic E-state index is 11.2. The minimum Gasteiger partial charge on any atom is -0.480 e. The zero-order valence-corrected chi connectivity index (χ0v) is 12.6. The van der Waals surface area contributed by atoms with Gasteiger partial charge in [0.05, 0.1) is 0 Å². The monoisotopic (exact) mass is 326 g/mol. The van der Waals surface area contributed by atoms with E-state index in [1.807, 2.05) is 6.92 Å². The van der Waals surface area contributed by atoms with E-state index < -0.39 is 35.6 Å². The number of carbonyl (C=O) groups is 5. The summed E-state index contributed by atoms with van der Waals surface area (Å²) in [6, 6.07) is -1.03. The normalized spacial score (nSPS) is 18.3. The Bertz CT molecular complexity index is 521. The van der Waals surface area contributed by atoms with E-state index in [0.29, 0.717) is 12.8 Å². The Labute approximate surface area is 132 Å². The van der Waals surface area contributed by atoms with Crippen molar-refractivity contribution < 1.29 is 34.3 Å². The Balaban J connectivity index is 0.000000277. The van der Waals surface area contributed by atoms with Crippen molar-refractivity contribution in [2.45, 2.75) is 45.1 Å². The fourth-order valence-corrected chi connectivity index (χ4v) is 2.04. The molecule has 23 heavy (non-hydrogen) atoms. The summed E-state index contributed by atoms with van der Waals surface area (Å²) in [4.78, 5) is 54.7. The SMILES string of the molecule is CCCCC(C(=O)O)N1C(=O)C=CC1=O.O=C1CCC(=O)N1O. The summed E-state index contributed by atoms with van der Waals surface area (Å²) in [5, 5.41) is 17.5. The highest BCUT2D eigenvalue weighted by molar-refractivity contribution is 6.14. The highest BCUT2D eigenvalue weighted by Crippen LogP contribution is 2.14. The second kappa shape index (κ2) is 8.18. The van der Waals surface area contributed by atoms with Crippen LogP contribution in [0.15, 0.2) is 12.2 Å². The third kappa shape index (κ3) is 4.71. The molecular weight excluding hydrogens is 308 g/mol. The summed E-state index contributed by atoms with van der Waals surface area (Å²) in [5.74, 6) is -3.22. The molecule has 4 amide bonds. The predicted molar refractivity (Wildman–Crippen MR) is 74.8 cm³/mol. The van der Waals surface area contributed by atoms with Crippen LogP contribution in [0.2, 0.25) is 0 Å². The van der Waals surface area contributed by atoms with E-state index in [9.17, 15) is 24.0 Å². The lowest BCUT2D eigenvalue weighted by molar-refractivity contribution is -0.171. The van der Waals surface area contributed by atoms with Crippen molar-refractivity contribution in [2.75, 3.05) is 0 Å². The summed E-state index contributed by atoms with van der Waals surface area (Å²) in [7, 11) is 0. The summed E-state index contributed by atoms with van der Waals surface area (Å²) in [5.41, 5.74) is 0. The molecule has 0 saturated carbocycles. The van der Waals surface area contributed by atoms with Gasteiger partial charge in [0.1, 0.15) is 6.04 Å². The number of carboxylic acids is 1. The van der Waals surface area contributed by atoms with Gasteiger partial charge in [-0.1, -0.05) is 19.8 Å². The van der Waals surface area contributed by atoms with E-state index in [2.05, 4.69) is 0 Å². The Morgan fingerprint density at radius 1 is 1.13 bits per heavy atom. The molecule has 0 bridgehead atoms. The van der Waals surface area contributed by atoms with Crippen LogP contribution in [0, 0.1) is 0 Å². The van der Waals surface area contributed by atoms with E-state index in [-0.39, 0.29) is 17.9 Å². The molecule has 0 aliphatic carbocycles. The number of hydroxylamine groups is 2. The first-order chi connectivity index (χ1) is 10.8. The summed E-state index contributed by atoms with van der Waals surface area (Å²) in [6.07, 6.45) is 4.31. The lowest BCUT2D eigenvalue weighted by Gasteiger charge is -2.21. The molecule has 1 unspecified atom stereocenters. The smallest absolute Gasteiger partial charge is 0.326 e. The number of hydrogen-bond acceptors (Lipinski definition) is 6. The largest absolute Gasteiger partial charge is 0.480 e. The molecule has 0 aromatic rings. The number of carboxylic acid groups (broad SMARTS) is 1. The maximum atomic E-state index is 11.2. The molecule has 0 aromatic heterocycles. The topological polar surface area (TPSA) is 132 Å². The van der Waals surface area contributed by atoms with Crippen LogP contribution in [0.4, 0.5) is 0 Å². The Hall–Kier alpha value is -2.55. The third-order valence-electron chi connectivity index (χ3n) is 3.30. The van der Waals surface area contributed by atoms with Crippen molar-refractivity contribution in [1.82, 2.24) is 9.96 Å². The molecule has 1 saturated heterocycles. The van der Waals surface area contributed by atoms with E-state index in [4.69, 9.17) is 10.3 Å². The molecule has 126 valence electrons. The van der Waals surface area contributed by atoms with Gasteiger partial charge in [-0.3, -0.25) is 29.3 Å². The molecule has 9 nitrogen and oxygen atoms in total.